The molecule has 1 aliphatic heterocycles. The third-order valence-corrected chi connectivity index (χ3v) is 3.81. The Kier molecular flexibility index (Phi) is 6.97. The van der Waals surface area contributed by atoms with Crippen molar-refractivity contribution in [3.63, 3.8) is 0 Å². The number of ether oxygens (including phenoxy) is 1. The predicted molar refractivity (Wildman–Crippen MR) is 74.0 cm³/mol. The van der Waals surface area contributed by atoms with Gasteiger partial charge in [-0.15, -0.1) is 12.4 Å². The Morgan fingerprint density at radius 1 is 1.33 bits per heavy atom. The molecule has 1 saturated carbocycles. The van der Waals surface area contributed by atoms with Gasteiger partial charge in [-0.05, 0) is 31.6 Å². The maximum absolute atomic E-state index is 11.9. The number of amides is 1. The van der Waals surface area contributed by atoms with Gasteiger partial charge in [0.2, 0.25) is 5.91 Å². The molecule has 0 bridgehead atoms. The average molecular weight is 277 g/mol. The summed E-state index contributed by atoms with van der Waals surface area (Å²) in [4.78, 5) is 11.9. The van der Waals surface area contributed by atoms with E-state index in [1.165, 1.54) is 12.8 Å². The van der Waals surface area contributed by atoms with Gasteiger partial charge in [-0.1, -0.05) is 6.92 Å². The Morgan fingerprint density at radius 3 is 2.67 bits per heavy atom. The molecule has 1 saturated heterocycles. The third kappa shape index (κ3) is 5.12. The second-order valence-corrected chi connectivity index (χ2v) is 5.45. The minimum atomic E-state index is 0. The molecule has 0 aromatic heterocycles. The highest BCUT2D eigenvalue weighted by Crippen LogP contribution is 2.23. The van der Waals surface area contributed by atoms with Crippen LogP contribution in [0.4, 0.5) is 0 Å². The van der Waals surface area contributed by atoms with Gasteiger partial charge in [0, 0.05) is 25.0 Å². The molecule has 2 aliphatic rings. The summed E-state index contributed by atoms with van der Waals surface area (Å²) in [6.45, 7) is 4.58. The number of rotatable bonds is 3. The zero-order chi connectivity index (χ0) is 12.1. The Balaban J connectivity index is 0.00000162. The highest BCUT2D eigenvalue weighted by atomic mass is 35.5. The van der Waals surface area contributed by atoms with Crippen molar-refractivity contribution < 1.29 is 9.53 Å². The van der Waals surface area contributed by atoms with Crippen LogP contribution in [0.15, 0.2) is 0 Å². The van der Waals surface area contributed by atoms with Gasteiger partial charge in [0.1, 0.15) is 0 Å². The van der Waals surface area contributed by atoms with Crippen LogP contribution >= 0.6 is 12.4 Å². The van der Waals surface area contributed by atoms with E-state index in [-0.39, 0.29) is 24.4 Å². The van der Waals surface area contributed by atoms with Gasteiger partial charge < -0.3 is 15.4 Å². The number of nitrogens with one attached hydrogen (secondary N) is 2. The molecule has 1 amide bonds. The minimum absolute atomic E-state index is 0. The molecule has 2 rings (SSSR count). The zero-order valence-corrected chi connectivity index (χ0v) is 11.9. The van der Waals surface area contributed by atoms with Crippen molar-refractivity contribution in [3.8, 4) is 0 Å². The standard InChI is InChI=1S/C13H24N2O2.ClH/c1-10-2-4-11(5-3-10)15-13(16)8-12-9-17-7-6-14-12;/h10-12,14H,2-9H2,1H3,(H,15,16);1H. The van der Waals surface area contributed by atoms with Gasteiger partial charge in [0.25, 0.3) is 0 Å². The van der Waals surface area contributed by atoms with Crippen LogP contribution in [0.1, 0.15) is 39.0 Å². The smallest absolute Gasteiger partial charge is 0.221 e. The highest BCUT2D eigenvalue weighted by Gasteiger charge is 2.22. The van der Waals surface area contributed by atoms with Crippen molar-refractivity contribution in [2.45, 2.75) is 51.1 Å². The summed E-state index contributed by atoms with van der Waals surface area (Å²) in [5.74, 6) is 1.00. The quantitative estimate of drug-likeness (QED) is 0.821. The number of morpholine rings is 1. The Labute approximate surface area is 116 Å². The molecule has 1 unspecified atom stereocenters. The first-order valence-corrected chi connectivity index (χ1v) is 6.84. The lowest BCUT2D eigenvalue weighted by Crippen LogP contribution is -2.46. The van der Waals surface area contributed by atoms with E-state index in [0.29, 0.717) is 19.1 Å². The fourth-order valence-corrected chi connectivity index (χ4v) is 2.67. The molecule has 2 N–H and O–H groups in total. The molecule has 106 valence electrons. The number of hydrogen-bond acceptors (Lipinski definition) is 3. The van der Waals surface area contributed by atoms with Crippen molar-refractivity contribution >= 4 is 18.3 Å². The molecule has 0 aromatic carbocycles. The molecular formula is C13H25ClN2O2. The first-order chi connectivity index (χ1) is 8.24. The van der Waals surface area contributed by atoms with E-state index in [0.717, 1.165) is 31.9 Å². The van der Waals surface area contributed by atoms with E-state index in [9.17, 15) is 4.79 Å². The molecule has 0 aromatic rings. The lowest BCUT2D eigenvalue weighted by atomic mass is 9.87. The topological polar surface area (TPSA) is 50.4 Å². The largest absolute Gasteiger partial charge is 0.378 e. The summed E-state index contributed by atoms with van der Waals surface area (Å²) < 4.78 is 5.34. The monoisotopic (exact) mass is 276 g/mol. The third-order valence-electron chi connectivity index (χ3n) is 3.81. The molecule has 0 radical (unpaired) electrons. The van der Waals surface area contributed by atoms with Gasteiger partial charge in [0.05, 0.1) is 13.2 Å². The fraction of sp³-hybridized carbons (Fsp3) is 0.923. The predicted octanol–water partition coefficient (Wildman–Crippen LogP) is 1.48. The van der Waals surface area contributed by atoms with E-state index in [1.54, 1.807) is 0 Å². The lowest BCUT2D eigenvalue weighted by Gasteiger charge is -2.28. The molecule has 18 heavy (non-hydrogen) atoms. The first-order valence-electron chi connectivity index (χ1n) is 6.84. The molecule has 1 atom stereocenters. The average Bonchev–Trinajstić information content (AvgIpc) is 2.33. The Morgan fingerprint density at radius 2 is 2.06 bits per heavy atom. The van der Waals surface area contributed by atoms with Crippen molar-refractivity contribution in [2.75, 3.05) is 19.8 Å². The van der Waals surface area contributed by atoms with E-state index in [4.69, 9.17) is 4.74 Å². The molecule has 1 aliphatic carbocycles. The summed E-state index contributed by atoms with van der Waals surface area (Å²) in [6.07, 6.45) is 5.32. The van der Waals surface area contributed by atoms with Gasteiger partial charge in [-0.3, -0.25) is 4.79 Å². The molecule has 2 fully saturated rings. The van der Waals surface area contributed by atoms with Crippen molar-refractivity contribution in [2.24, 2.45) is 5.92 Å². The molecular weight excluding hydrogens is 252 g/mol. The summed E-state index contributed by atoms with van der Waals surface area (Å²) in [7, 11) is 0. The van der Waals surface area contributed by atoms with Crippen LogP contribution in [0, 0.1) is 5.92 Å². The number of carbonyl (C=O) groups excluding carboxylic acids is 1. The second kappa shape index (κ2) is 7.97. The SMILES string of the molecule is CC1CCC(NC(=O)CC2COCCN2)CC1.Cl. The second-order valence-electron chi connectivity index (χ2n) is 5.45. The van der Waals surface area contributed by atoms with E-state index >= 15 is 0 Å². The first kappa shape index (κ1) is 15.7. The zero-order valence-electron chi connectivity index (χ0n) is 11.1. The van der Waals surface area contributed by atoms with E-state index in [1.807, 2.05) is 0 Å². The normalized spacial score (nSPS) is 32.4. The number of carbonyl (C=O) groups is 1. The van der Waals surface area contributed by atoms with Crippen molar-refractivity contribution in [1.82, 2.24) is 10.6 Å². The van der Waals surface area contributed by atoms with Gasteiger partial charge in [0.15, 0.2) is 0 Å². The van der Waals surface area contributed by atoms with Crippen LogP contribution in [-0.4, -0.2) is 37.7 Å². The fourth-order valence-electron chi connectivity index (χ4n) is 2.67. The van der Waals surface area contributed by atoms with Crippen LogP contribution in [0.3, 0.4) is 0 Å². The summed E-state index contributed by atoms with van der Waals surface area (Å²) >= 11 is 0. The minimum Gasteiger partial charge on any atom is -0.378 e. The van der Waals surface area contributed by atoms with Crippen LogP contribution < -0.4 is 10.6 Å². The van der Waals surface area contributed by atoms with Gasteiger partial charge in [-0.25, -0.2) is 0 Å². The van der Waals surface area contributed by atoms with Crippen LogP contribution in [0.5, 0.6) is 0 Å². The van der Waals surface area contributed by atoms with Crippen LogP contribution in [-0.2, 0) is 9.53 Å². The highest BCUT2D eigenvalue weighted by molar-refractivity contribution is 5.85. The molecule has 5 heteroatoms. The summed E-state index contributed by atoms with van der Waals surface area (Å²) in [5.41, 5.74) is 0. The number of hydrogen-bond donors (Lipinski definition) is 2. The van der Waals surface area contributed by atoms with Crippen LogP contribution in [0.25, 0.3) is 0 Å². The number of halogens is 1. The maximum Gasteiger partial charge on any atom is 0.221 e. The van der Waals surface area contributed by atoms with Crippen molar-refractivity contribution in [1.29, 1.82) is 0 Å². The van der Waals surface area contributed by atoms with E-state index in [2.05, 4.69) is 17.6 Å². The molecule has 1 heterocycles. The van der Waals surface area contributed by atoms with E-state index < -0.39 is 0 Å². The molecule has 0 spiro atoms. The van der Waals surface area contributed by atoms with Crippen LogP contribution in [0.2, 0.25) is 0 Å². The Bertz CT molecular complexity index is 249. The van der Waals surface area contributed by atoms with Gasteiger partial charge >= 0.3 is 0 Å². The lowest BCUT2D eigenvalue weighted by molar-refractivity contribution is -0.123. The molecule has 4 nitrogen and oxygen atoms in total. The summed E-state index contributed by atoms with van der Waals surface area (Å²) in [6, 6.07) is 0.606. The van der Waals surface area contributed by atoms with Crippen molar-refractivity contribution in [3.05, 3.63) is 0 Å². The maximum atomic E-state index is 11.9. The van der Waals surface area contributed by atoms with Gasteiger partial charge in [-0.2, -0.15) is 0 Å². The Hall–Kier alpha value is -0.320. The summed E-state index contributed by atoms with van der Waals surface area (Å²) in [5, 5.41) is 6.46.